The van der Waals surface area contributed by atoms with Crippen LogP contribution < -0.4 is 10.6 Å². The number of carboxylic acid groups (broad SMARTS) is 1. The fourth-order valence-electron chi connectivity index (χ4n) is 2.83. The van der Waals surface area contributed by atoms with Gasteiger partial charge in [0.05, 0.1) is 11.3 Å². The van der Waals surface area contributed by atoms with Gasteiger partial charge < -0.3 is 15.7 Å². The number of carbonyl (C=O) groups excluding carboxylic acids is 2. The van der Waals surface area contributed by atoms with Crippen LogP contribution in [0.25, 0.3) is 5.69 Å². The Morgan fingerprint density at radius 1 is 1.29 bits per heavy atom. The van der Waals surface area contributed by atoms with Crippen LogP contribution in [0.1, 0.15) is 36.5 Å². The molecule has 0 bridgehead atoms. The summed E-state index contributed by atoms with van der Waals surface area (Å²) in [6, 6.07) is 5.22. The number of nitrogens with zero attached hydrogens (tertiary/aromatic N) is 4. The quantitative estimate of drug-likeness (QED) is 0.588. The lowest BCUT2D eigenvalue weighted by atomic mass is 10.1. The number of amides is 2. The molecular formula is C18H22N6O4. The minimum atomic E-state index is -1.02. The summed E-state index contributed by atoms with van der Waals surface area (Å²) in [5, 5.41) is 26.6. The summed E-state index contributed by atoms with van der Waals surface area (Å²) in [5.74, 6) is -0.880. The van der Waals surface area contributed by atoms with Gasteiger partial charge in [0.25, 0.3) is 0 Å². The first-order chi connectivity index (χ1) is 13.4. The highest BCUT2D eigenvalue weighted by atomic mass is 16.4. The van der Waals surface area contributed by atoms with Crippen molar-refractivity contribution >= 4 is 17.8 Å². The standard InChI is InChI=1S/C18H22N6O4/c1-3-19-17(26)14(20-16(25)13-8-10(13)2)9-15-21-23-24(22-15)12-6-4-11(5-7-12)18(27)28/h4-7,10,13-14H,3,8-9H2,1-2H3,(H,19,26)(H,20,25)(H,27,28)/t10?,13?,14-/m0/s1. The molecule has 1 aliphatic rings. The molecule has 148 valence electrons. The first-order valence-electron chi connectivity index (χ1n) is 9.09. The van der Waals surface area contributed by atoms with Gasteiger partial charge in [0.1, 0.15) is 6.04 Å². The molecule has 1 saturated carbocycles. The van der Waals surface area contributed by atoms with Crippen molar-refractivity contribution < 1.29 is 19.5 Å². The maximum Gasteiger partial charge on any atom is 0.335 e. The molecule has 2 amide bonds. The van der Waals surface area contributed by atoms with Gasteiger partial charge in [-0.3, -0.25) is 9.59 Å². The molecule has 3 rings (SSSR count). The van der Waals surface area contributed by atoms with Crippen molar-refractivity contribution in [2.45, 2.75) is 32.7 Å². The first kappa shape index (κ1) is 19.5. The van der Waals surface area contributed by atoms with Crippen molar-refractivity contribution in [3.63, 3.8) is 0 Å². The van der Waals surface area contributed by atoms with E-state index in [4.69, 9.17) is 5.11 Å². The van der Waals surface area contributed by atoms with Gasteiger partial charge >= 0.3 is 5.97 Å². The van der Waals surface area contributed by atoms with E-state index in [0.717, 1.165) is 6.42 Å². The van der Waals surface area contributed by atoms with Gasteiger partial charge in [0.2, 0.25) is 11.8 Å². The molecule has 0 aliphatic heterocycles. The average Bonchev–Trinajstić information content (AvgIpc) is 3.22. The second kappa shape index (κ2) is 8.15. The molecule has 0 saturated heterocycles. The first-order valence-corrected chi connectivity index (χ1v) is 9.09. The number of carbonyl (C=O) groups is 3. The SMILES string of the molecule is CCNC(=O)[C@H](Cc1nnn(-c2ccc(C(=O)O)cc2)n1)NC(=O)C1CC1C. The van der Waals surface area contributed by atoms with Crippen LogP contribution in [-0.4, -0.2) is 55.7 Å². The molecule has 1 fully saturated rings. The van der Waals surface area contributed by atoms with Gasteiger partial charge in [-0.1, -0.05) is 6.92 Å². The molecule has 10 heteroatoms. The zero-order chi connectivity index (χ0) is 20.3. The van der Waals surface area contributed by atoms with Crippen LogP contribution in [0, 0.1) is 11.8 Å². The lowest BCUT2D eigenvalue weighted by Crippen LogP contribution is -2.48. The van der Waals surface area contributed by atoms with Crippen LogP contribution in [0.15, 0.2) is 24.3 Å². The van der Waals surface area contributed by atoms with Crippen molar-refractivity contribution in [1.29, 1.82) is 0 Å². The molecule has 2 unspecified atom stereocenters. The number of likely N-dealkylation sites (N-methyl/N-ethyl adjacent to an activating group) is 1. The van der Waals surface area contributed by atoms with Gasteiger partial charge in [-0.05, 0) is 48.7 Å². The molecule has 1 aromatic carbocycles. The number of hydrogen-bond acceptors (Lipinski definition) is 6. The minimum Gasteiger partial charge on any atom is -0.478 e. The smallest absolute Gasteiger partial charge is 0.335 e. The summed E-state index contributed by atoms with van der Waals surface area (Å²) in [5.41, 5.74) is 0.687. The Balaban J connectivity index is 1.71. The van der Waals surface area contributed by atoms with Crippen LogP contribution in [0.4, 0.5) is 0 Å². The van der Waals surface area contributed by atoms with Gasteiger partial charge in [-0.25, -0.2) is 4.79 Å². The highest BCUT2D eigenvalue weighted by Gasteiger charge is 2.40. The Kier molecular flexibility index (Phi) is 5.67. The van der Waals surface area contributed by atoms with Crippen LogP contribution in [-0.2, 0) is 16.0 Å². The van der Waals surface area contributed by atoms with E-state index < -0.39 is 12.0 Å². The van der Waals surface area contributed by atoms with Crippen molar-refractivity contribution in [1.82, 2.24) is 30.8 Å². The van der Waals surface area contributed by atoms with Gasteiger partial charge in [-0.15, -0.1) is 15.0 Å². The molecule has 1 aliphatic carbocycles. The van der Waals surface area contributed by atoms with Crippen LogP contribution in [0.2, 0.25) is 0 Å². The van der Waals surface area contributed by atoms with E-state index in [1.54, 1.807) is 19.1 Å². The maximum absolute atomic E-state index is 12.3. The zero-order valence-corrected chi connectivity index (χ0v) is 15.6. The largest absolute Gasteiger partial charge is 0.478 e. The number of benzene rings is 1. The van der Waals surface area contributed by atoms with E-state index in [9.17, 15) is 14.4 Å². The highest BCUT2D eigenvalue weighted by molar-refractivity contribution is 5.89. The molecule has 10 nitrogen and oxygen atoms in total. The number of carboxylic acids is 1. The van der Waals surface area contributed by atoms with Gasteiger partial charge in [0.15, 0.2) is 5.82 Å². The molecule has 1 heterocycles. The third-order valence-electron chi connectivity index (χ3n) is 4.62. The molecule has 0 radical (unpaired) electrons. The normalized spacial score (nSPS) is 18.9. The Morgan fingerprint density at radius 2 is 1.96 bits per heavy atom. The zero-order valence-electron chi connectivity index (χ0n) is 15.6. The van der Waals surface area contributed by atoms with Crippen molar-refractivity contribution in [3.8, 4) is 5.69 Å². The minimum absolute atomic E-state index is 0.0479. The third-order valence-corrected chi connectivity index (χ3v) is 4.62. The third kappa shape index (κ3) is 4.51. The number of aromatic nitrogens is 4. The Bertz CT molecular complexity index is 878. The fourth-order valence-corrected chi connectivity index (χ4v) is 2.83. The summed E-state index contributed by atoms with van der Waals surface area (Å²) in [4.78, 5) is 36.7. The van der Waals surface area contributed by atoms with Crippen LogP contribution in [0.3, 0.4) is 0 Å². The Labute approximate surface area is 161 Å². The maximum atomic E-state index is 12.3. The van der Waals surface area contributed by atoms with Crippen molar-refractivity contribution in [3.05, 3.63) is 35.7 Å². The van der Waals surface area contributed by atoms with E-state index >= 15 is 0 Å². The predicted molar refractivity (Wildman–Crippen MR) is 97.7 cm³/mol. The summed E-state index contributed by atoms with van der Waals surface area (Å²) in [6.07, 6.45) is 0.931. The molecular weight excluding hydrogens is 364 g/mol. The molecule has 0 spiro atoms. The monoisotopic (exact) mass is 386 g/mol. The Hall–Kier alpha value is -3.30. The van der Waals surface area contributed by atoms with E-state index in [2.05, 4.69) is 26.0 Å². The average molecular weight is 386 g/mol. The van der Waals surface area contributed by atoms with Crippen LogP contribution in [0.5, 0.6) is 0 Å². The summed E-state index contributed by atoms with van der Waals surface area (Å²) in [6.45, 7) is 4.24. The van der Waals surface area contributed by atoms with Gasteiger partial charge in [0, 0.05) is 18.9 Å². The summed E-state index contributed by atoms with van der Waals surface area (Å²) in [7, 11) is 0. The number of nitrogens with one attached hydrogen (secondary N) is 2. The second-order valence-electron chi connectivity index (χ2n) is 6.83. The number of hydrogen-bond donors (Lipinski definition) is 3. The van der Waals surface area contributed by atoms with E-state index in [0.29, 0.717) is 24.0 Å². The van der Waals surface area contributed by atoms with E-state index in [-0.39, 0.29) is 29.7 Å². The van der Waals surface area contributed by atoms with Crippen molar-refractivity contribution in [2.24, 2.45) is 11.8 Å². The molecule has 3 atom stereocenters. The topological polar surface area (TPSA) is 139 Å². The second-order valence-corrected chi connectivity index (χ2v) is 6.83. The van der Waals surface area contributed by atoms with E-state index in [1.165, 1.54) is 16.9 Å². The number of rotatable bonds is 8. The molecule has 2 aromatic rings. The van der Waals surface area contributed by atoms with Crippen molar-refractivity contribution in [2.75, 3.05) is 6.54 Å². The summed E-state index contributed by atoms with van der Waals surface area (Å²) >= 11 is 0. The fraction of sp³-hybridized carbons (Fsp3) is 0.444. The number of aromatic carboxylic acids is 1. The molecule has 3 N–H and O–H groups in total. The number of tetrazole rings is 1. The summed E-state index contributed by atoms with van der Waals surface area (Å²) < 4.78 is 0. The predicted octanol–water partition coefficient (Wildman–Crippen LogP) is 0.180. The lowest BCUT2D eigenvalue weighted by molar-refractivity contribution is -0.129. The van der Waals surface area contributed by atoms with E-state index in [1.807, 2.05) is 6.92 Å². The van der Waals surface area contributed by atoms with Gasteiger partial charge in [-0.2, -0.15) is 0 Å². The lowest BCUT2D eigenvalue weighted by Gasteiger charge is -2.16. The molecule has 1 aromatic heterocycles. The highest BCUT2D eigenvalue weighted by Crippen LogP contribution is 2.37. The van der Waals surface area contributed by atoms with Crippen LogP contribution >= 0.6 is 0 Å². The Morgan fingerprint density at radius 3 is 2.54 bits per heavy atom. The molecule has 28 heavy (non-hydrogen) atoms.